The van der Waals surface area contributed by atoms with E-state index in [0.29, 0.717) is 18.8 Å². The van der Waals surface area contributed by atoms with Crippen LogP contribution in [0.2, 0.25) is 0 Å². The van der Waals surface area contributed by atoms with Crippen molar-refractivity contribution in [2.45, 2.75) is 76.5 Å². The largest absolute Gasteiger partial charge is 0.392 e. The predicted octanol–water partition coefficient (Wildman–Crippen LogP) is 1.07. The van der Waals surface area contributed by atoms with Gasteiger partial charge in [-0.25, -0.2) is 0 Å². The summed E-state index contributed by atoms with van der Waals surface area (Å²) in [6, 6.07) is 0. The van der Waals surface area contributed by atoms with Crippen molar-refractivity contribution in [2.75, 3.05) is 0 Å². The van der Waals surface area contributed by atoms with Gasteiger partial charge < -0.3 is 20.1 Å². The van der Waals surface area contributed by atoms with E-state index >= 15 is 0 Å². The fourth-order valence-electron chi connectivity index (χ4n) is 5.06. The van der Waals surface area contributed by atoms with Gasteiger partial charge in [0, 0.05) is 0 Å². The van der Waals surface area contributed by atoms with Gasteiger partial charge in [-0.1, -0.05) is 13.8 Å². The maximum absolute atomic E-state index is 10.6. The molecule has 7 unspecified atom stereocenters. The molecule has 0 aromatic carbocycles. The summed E-state index contributed by atoms with van der Waals surface area (Å²) in [6.45, 7) is 8.12. The third-order valence-corrected chi connectivity index (χ3v) is 6.46. The molecule has 7 atom stereocenters. The van der Waals surface area contributed by atoms with Crippen LogP contribution in [-0.4, -0.2) is 44.8 Å². The molecular weight excluding hydrogens is 244 g/mol. The Labute approximate surface area is 114 Å². The van der Waals surface area contributed by atoms with Crippen molar-refractivity contribution in [3.63, 3.8) is 0 Å². The van der Waals surface area contributed by atoms with Crippen molar-refractivity contribution in [3.8, 4) is 0 Å². The lowest BCUT2D eigenvalue weighted by Crippen LogP contribution is -2.69. The van der Waals surface area contributed by atoms with Gasteiger partial charge in [0.15, 0.2) is 0 Å². The van der Waals surface area contributed by atoms with E-state index in [2.05, 4.69) is 20.8 Å². The summed E-state index contributed by atoms with van der Waals surface area (Å²) in [6.07, 6.45) is -0.273. The van der Waals surface area contributed by atoms with Crippen molar-refractivity contribution in [1.82, 2.24) is 0 Å². The zero-order valence-corrected chi connectivity index (χ0v) is 12.3. The van der Waals surface area contributed by atoms with Gasteiger partial charge in [0.25, 0.3) is 0 Å². The average Bonchev–Trinajstić information content (AvgIpc) is 2.54. The molecule has 1 saturated heterocycles. The van der Waals surface area contributed by atoms with Crippen LogP contribution in [0.25, 0.3) is 0 Å². The lowest BCUT2D eigenvalue weighted by Gasteiger charge is -2.60. The summed E-state index contributed by atoms with van der Waals surface area (Å²) >= 11 is 0. The highest BCUT2D eigenvalue weighted by Gasteiger charge is 2.72. The zero-order chi connectivity index (χ0) is 14.2. The van der Waals surface area contributed by atoms with E-state index in [9.17, 15) is 15.3 Å². The van der Waals surface area contributed by atoms with Crippen LogP contribution < -0.4 is 0 Å². The Kier molecular flexibility index (Phi) is 2.71. The molecule has 1 heterocycles. The van der Waals surface area contributed by atoms with E-state index in [0.717, 1.165) is 6.42 Å². The van der Waals surface area contributed by atoms with E-state index in [4.69, 9.17) is 4.74 Å². The zero-order valence-electron chi connectivity index (χ0n) is 12.3. The van der Waals surface area contributed by atoms with Crippen molar-refractivity contribution < 1.29 is 20.1 Å². The van der Waals surface area contributed by atoms with Gasteiger partial charge in [-0.05, 0) is 44.9 Å². The minimum Gasteiger partial charge on any atom is -0.392 e. The molecule has 4 nitrogen and oxygen atoms in total. The lowest BCUT2D eigenvalue weighted by atomic mass is 9.50. The molecule has 0 amide bonds. The minimum atomic E-state index is -0.923. The highest BCUT2D eigenvalue weighted by atomic mass is 16.5. The molecule has 4 heteroatoms. The molecule has 2 saturated carbocycles. The van der Waals surface area contributed by atoms with Crippen LogP contribution in [0.5, 0.6) is 0 Å². The standard InChI is InChI=1S/C15H26O4/c1-8-5-10(16)12(18)14(4)11(17)6-9-7-15(8,14)19-13(9,2)3/h8-12,16-18H,5-7H2,1-4H3. The van der Waals surface area contributed by atoms with Crippen LogP contribution in [0, 0.1) is 17.3 Å². The second kappa shape index (κ2) is 3.73. The topological polar surface area (TPSA) is 69.9 Å². The van der Waals surface area contributed by atoms with Gasteiger partial charge in [0.2, 0.25) is 0 Å². The van der Waals surface area contributed by atoms with E-state index < -0.39 is 29.3 Å². The van der Waals surface area contributed by atoms with Gasteiger partial charge in [-0.15, -0.1) is 0 Å². The first-order chi connectivity index (χ1) is 8.65. The molecule has 19 heavy (non-hydrogen) atoms. The average molecular weight is 270 g/mol. The number of hydrogen-bond donors (Lipinski definition) is 3. The number of fused-ring (bicyclic) bond motifs is 1. The van der Waals surface area contributed by atoms with E-state index in [1.807, 2.05) is 6.92 Å². The van der Waals surface area contributed by atoms with Gasteiger partial charge in [-0.3, -0.25) is 0 Å². The molecule has 3 fully saturated rings. The third kappa shape index (κ3) is 1.44. The first-order valence-corrected chi connectivity index (χ1v) is 7.39. The number of rotatable bonds is 0. The highest BCUT2D eigenvalue weighted by molar-refractivity contribution is 5.21. The third-order valence-electron chi connectivity index (χ3n) is 6.46. The molecule has 2 aliphatic carbocycles. The van der Waals surface area contributed by atoms with Crippen molar-refractivity contribution >= 4 is 0 Å². The molecule has 1 spiro atoms. The molecule has 2 bridgehead atoms. The Balaban J connectivity index is 2.13. The Hall–Kier alpha value is -0.160. The van der Waals surface area contributed by atoms with Crippen molar-refractivity contribution in [3.05, 3.63) is 0 Å². The van der Waals surface area contributed by atoms with E-state index in [1.165, 1.54) is 0 Å². The lowest BCUT2D eigenvalue weighted by molar-refractivity contribution is -0.276. The fraction of sp³-hybridized carbons (Fsp3) is 1.00. The monoisotopic (exact) mass is 270 g/mol. The van der Waals surface area contributed by atoms with Crippen LogP contribution in [0.3, 0.4) is 0 Å². The SMILES string of the molecule is CC1CC(O)C(O)C2(C)C(O)CC3CC12OC3(C)C. The second-order valence-corrected chi connectivity index (χ2v) is 7.68. The van der Waals surface area contributed by atoms with Crippen LogP contribution in [-0.2, 0) is 4.74 Å². The summed E-state index contributed by atoms with van der Waals surface area (Å²) < 4.78 is 6.44. The molecule has 3 rings (SSSR count). The molecule has 0 aromatic heterocycles. The Morgan fingerprint density at radius 2 is 1.68 bits per heavy atom. The molecule has 3 N–H and O–H groups in total. The minimum absolute atomic E-state index is 0.134. The number of ether oxygens (including phenoxy) is 1. The van der Waals surface area contributed by atoms with Crippen LogP contribution in [0.15, 0.2) is 0 Å². The maximum Gasteiger partial charge on any atom is 0.0905 e. The number of aliphatic hydroxyl groups excluding tert-OH is 3. The van der Waals surface area contributed by atoms with Gasteiger partial charge in [0.1, 0.15) is 0 Å². The fourth-order valence-corrected chi connectivity index (χ4v) is 5.06. The molecule has 0 aromatic rings. The smallest absolute Gasteiger partial charge is 0.0905 e. The van der Waals surface area contributed by atoms with Crippen molar-refractivity contribution in [1.29, 1.82) is 0 Å². The van der Waals surface area contributed by atoms with Crippen LogP contribution in [0.4, 0.5) is 0 Å². The Bertz CT molecular complexity index is 396. The Morgan fingerprint density at radius 3 is 2.32 bits per heavy atom. The quantitative estimate of drug-likeness (QED) is 0.616. The summed E-state index contributed by atoms with van der Waals surface area (Å²) in [5.74, 6) is 0.454. The Morgan fingerprint density at radius 1 is 1.05 bits per heavy atom. The number of hydrogen-bond acceptors (Lipinski definition) is 4. The van der Waals surface area contributed by atoms with Crippen molar-refractivity contribution in [2.24, 2.45) is 17.3 Å². The molecule has 110 valence electrons. The number of aliphatic hydroxyl groups is 3. The molecule has 0 radical (unpaired) electrons. The first-order valence-electron chi connectivity index (χ1n) is 7.39. The summed E-state index contributed by atoms with van der Waals surface area (Å²) in [7, 11) is 0. The van der Waals surface area contributed by atoms with E-state index in [1.54, 1.807) is 0 Å². The maximum atomic E-state index is 10.6. The van der Waals surface area contributed by atoms with Crippen LogP contribution >= 0.6 is 0 Å². The summed E-state index contributed by atoms with van der Waals surface area (Å²) in [5.41, 5.74) is -1.57. The van der Waals surface area contributed by atoms with E-state index in [-0.39, 0.29) is 11.5 Å². The predicted molar refractivity (Wildman–Crippen MR) is 70.5 cm³/mol. The summed E-state index contributed by atoms with van der Waals surface area (Å²) in [5, 5.41) is 31.2. The summed E-state index contributed by atoms with van der Waals surface area (Å²) in [4.78, 5) is 0. The van der Waals surface area contributed by atoms with Gasteiger partial charge >= 0.3 is 0 Å². The second-order valence-electron chi connectivity index (χ2n) is 7.68. The van der Waals surface area contributed by atoms with Gasteiger partial charge in [-0.2, -0.15) is 0 Å². The first kappa shape index (κ1) is 13.8. The van der Waals surface area contributed by atoms with Crippen LogP contribution in [0.1, 0.15) is 47.0 Å². The molecule has 1 aliphatic heterocycles. The van der Waals surface area contributed by atoms with Gasteiger partial charge in [0.05, 0.1) is 34.9 Å². The normalized spacial score (nSPS) is 59.8. The highest BCUT2D eigenvalue weighted by Crippen LogP contribution is 2.65. The molecular formula is C15H26O4. The molecule has 3 aliphatic rings.